The number of nitrogens with zero attached hydrogens (tertiary/aromatic N) is 1. The summed E-state index contributed by atoms with van der Waals surface area (Å²) in [6.45, 7) is 10.2. The van der Waals surface area contributed by atoms with Crippen molar-refractivity contribution in [2.75, 3.05) is 19.6 Å². The van der Waals surface area contributed by atoms with Gasteiger partial charge < -0.3 is 19.8 Å². The van der Waals surface area contributed by atoms with E-state index in [0.717, 1.165) is 61.2 Å². The van der Waals surface area contributed by atoms with E-state index < -0.39 is 17.1 Å². The van der Waals surface area contributed by atoms with Gasteiger partial charge in [-0.2, -0.15) is 0 Å². The van der Waals surface area contributed by atoms with Crippen LogP contribution in [-0.4, -0.2) is 46.8 Å². The van der Waals surface area contributed by atoms with Crippen molar-refractivity contribution >= 4 is 5.97 Å². The average Bonchev–Trinajstić information content (AvgIpc) is 2.97. The second-order valence-electron chi connectivity index (χ2n) is 12.0. The lowest BCUT2D eigenvalue weighted by Gasteiger charge is -2.42. The van der Waals surface area contributed by atoms with E-state index in [1.165, 1.54) is 0 Å². The van der Waals surface area contributed by atoms with E-state index in [1.54, 1.807) is 0 Å². The number of rotatable bonds is 11. The summed E-state index contributed by atoms with van der Waals surface area (Å²) in [6.07, 6.45) is 2.70. The van der Waals surface area contributed by atoms with E-state index in [1.807, 2.05) is 113 Å². The Morgan fingerprint density at radius 3 is 1.90 bits per heavy atom. The number of carbonyl (C=O) groups excluding carboxylic acids is 1. The molecule has 1 saturated heterocycles. The van der Waals surface area contributed by atoms with Gasteiger partial charge in [0.05, 0.1) is 17.6 Å². The van der Waals surface area contributed by atoms with Crippen LogP contribution >= 0.6 is 0 Å². The van der Waals surface area contributed by atoms with Crippen molar-refractivity contribution in [3.8, 4) is 0 Å². The zero-order valence-electron chi connectivity index (χ0n) is 24.4. The number of piperidine rings is 1. The fourth-order valence-electron chi connectivity index (χ4n) is 5.87. The third kappa shape index (κ3) is 6.83. The molecule has 1 aliphatic rings. The highest BCUT2D eigenvalue weighted by Crippen LogP contribution is 2.42. The van der Waals surface area contributed by atoms with Crippen LogP contribution < -0.4 is 0 Å². The highest BCUT2D eigenvalue weighted by molar-refractivity contribution is 5.82. The quantitative estimate of drug-likeness (QED) is 0.275. The zero-order chi connectivity index (χ0) is 28.8. The Hall–Kier alpha value is -2.99. The van der Waals surface area contributed by atoms with Crippen LogP contribution in [-0.2, 0) is 20.5 Å². The molecule has 0 bridgehead atoms. The van der Waals surface area contributed by atoms with Gasteiger partial charge in [-0.1, -0.05) is 84.9 Å². The molecular formula is C35H45NO4. The van der Waals surface area contributed by atoms with Crippen LogP contribution in [0.3, 0.4) is 0 Å². The molecule has 214 valence electrons. The fourth-order valence-corrected chi connectivity index (χ4v) is 5.87. The van der Waals surface area contributed by atoms with E-state index in [0.29, 0.717) is 6.42 Å². The van der Waals surface area contributed by atoms with Crippen molar-refractivity contribution in [2.24, 2.45) is 5.92 Å². The van der Waals surface area contributed by atoms with Crippen molar-refractivity contribution in [1.29, 1.82) is 0 Å². The van der Waals surface area contributed by atoms with E-state index in [4.69, 9.17) is 4.74 Å². The highest BCUT2D eigenvalue weighted by Gasteiger charge is 2.41. The van der Waals surface area contributed by atoms with Crippen molar-refractivity contribution in [1.82, 2.24) is 4.90 Å². The SMILES string of the molecule is CC(C)OC(=O)C(C)(C)c1ccc(C(O)CCCN2CCC(C(O)(c3ccccc3)c3ccccc3)CC2)cc1. The molecule has 5 heteroatoms. The van der Waals surface area contributed by atoms with Crippen LogP contribution in [0.15, 0.2) is 84.9 Å². The lowest BCUT2D eigenvalue weighted by Crippen LogP contribution is -2.44. The van der Waals surface area contributed by atoms with Crippen molar-refractivity contribution in [2.45, 2.75) is 76.6 Å². The summed E-state index contributed by atoms with van der Waals surface area (Å²) in [7, 11) is 0. The minimum Gasteiger partial charge on any atom is -0.462 e. The summed E-state index contributed by atoms with van der Waals surface area (Å²) in [5.41, 5.74) is 1.90. The topological polar surface area (TPSA) is 70.0 Å². The number of hydrogen-bond donors (Lipinski definition) is 2. The first-order chi connectivity index (χ1) is 19.1. The molecule has 0 aromatic heterocycles. The number of esters is 1. The van der Waals surface area contributed by atoms with Gasteiger partial charge in [0.15, 0.2) is 0 Å². The van der Waals surface area contributed by atoms with Gasteiger partial charge in [0.2, 0.25) is 0 Å². The Labute approximate surface area is 239 Å². The Balaban J connectivity index is 1.29. The second kappa shape index (κ2) is 13.1. The first-order valence-electron chi connectivity index (χ1n) is 14.7. The molecule has 1 fully saturated rings. The molecule has 1 atom stereocenters. The predicted octanol–water partition coefficient (Wildman–Crippen LogP) is 6.38. The number of likely N-dealkylation sites (tertiary alicyclic amines) is 1. The summed E-state index contributed by atoms with van der Waals surface area (Å²) >= 11 is 0. The van der Waals surface area contributed by atoms with Crippen LogP contribution in [0.4, 0.5) is 0 Å². The molecule has 5 nitrogen and oxygen atoms in total. The maximum atomic E-state index is 12.5. The van der Waals surface area contributed by atoms with E-state index >= 15 is 0 Å². The second-order valence-corrected chi connectivity index (χ2v) is 12.0. The van der Waals surface area contributed by atoms with E-state index in [-0.39, 0.29) is 18.0 Å². The molecule has 1 unspecified atom stereocenters. The Kier molecular flexibility index (Phi) is 9.83. The molecular weight excluding hydrogens is 498 g/mol. The molecule has 4 rings (SSSR count). The molecule has 0 saturated carbocycles. The van der Waals surface area contributed by atoms with Crippen LogP contribution in [0.25, 0.3) is 0 Å². The maximum Gasteiger partial charge on any atom is 0.316 e. The van der Waals surface area contributed by atoms with Gasteiger partial charge in [-0.25, -0.2) is 0 Å². The lowest BCUT2D eigenvalue weighted by molar-refractivity contribution is -0.153. The number of aliphatic hydroxyl groups excluding tert-OH is 1. The van der Waals surface area contributed by atoms with Gasteiger partial charge in [-0.15, -0.1) is 0 Å². The minimum absolute atomic E-state index is 0.139. The summed E-state index contributed by atoms with van der Waals surface area (Å²) in [5, 5.41) is 22.9. The van der Waals surface area contributed by atoms with Gasteiger partial charge in [0.25, 0.3) is 0 Å². The normalized spacial score (nSPS) is 16.2. The van der Waals surface area contributed by atoms with Crippen molar-refractivity contribution < 1.29 is 19.7 Å². The Morgan fingerprint density at radius 2 is 1.40 bits per heavy atom. The predicted molar refractivity (Wildman–Crippen MR) is 160 cm³/mol. The molecule has 3 aromatic rings. The molecule has 0 spiro atoms. The van der Waals surface area contributed by atoms with Crippen molar-refractivity contribution in [3.63, 3.8) is 0 Å². The highest BCUT2D eigenvalue weighted by atomic mass is 16.5. The number of aliphatic hydroxyl groups is 2. The third-order valence-electron chi connectivity index (χ3n) is 8.43. The summed E-state index contributed by atoms with van der Waals surface area (Å²) in [6, 6.07) is 27.8. The Bertz CT molecular complexity index is 1160. The maximum absolute atomic E-state index is 12.5. The molecule has 0 aliphatic carbocycles. The van der Waals surface area contributed by atoms with Crippen LogP contribution in [0.2, 0.25) is 0 Å². The smallest absolute Gasteiger partial charge is 0.316 e. The number of carbonyl (C=O) groups is 1. The van der Waals surface area contributed by atoms with Gasteiger partial charge in [-0.3, -0.25) is 4.79 Å². The van der Waals surface area contributed by atoms with E-state index in [9.17, 15) is 15.0 Å². The number of benzene rings is 3. The number of hydrogen-bond acceptors (Lipinski definition) is 5. The molecule has 0 amide bonds. The minimum atomic E-state index is -1.00. The largest absolute Gasteiger partial charge is 0.462 e. The van der Waals surface area contributed by atoms with Crippen LogP contribution in [0.1, 0.15) is 81.7 Å². The van der Waals surface area contributed by atoms with Gasteiger partial charge in [-0.05, 0) is 101 Å². The molecule has 1 aliphatic heterocycles. The zero-order valence-corrected chi connectivity index (χ0v) is 24.4. The fraction of sp³-hybridized carbons (Fsp3) is 0.457. The van der Waals surface area contributed by atoms with Gasteiger partial charge >= 0.3 is 5.97 Å². The standard InChI is InChI=1S/C35H45NO4/c1-26(2)40-33(38)34(3,4)28-19-17-27(18-20-28)32(37)16-11-23-36-24-21-31(22-25-36)35(39,29-12-7-5-8-13-29)30-14-9-6-10-15-30/h5-10,12-15,17-20,26,31-32,37,39H,11,16,21-25H2,1-4H3. The first kappa shape index (κ1) is 30.0. The molecule has 1 heterocycles. The van der Waals surface area contributed by atoms with Gasteiger partial charge in [0, 0.05) is 0 Å². The van der Waals surface area contributed by atoms with Crippen LogP contribution in [0, 0.1) is 5.92 Å². The Morgan fingerprint density at radius 1 is 0.875 bits per heavy atom. The number of ether oxygens (including phenoxy) is 1. The molecule has 2 N–H and O–H groups in total. The molecule has 0 radical (unpaired) electrons. The van der Waals surface area contributed by atoms with Gasteiger partial charge in [0.1, 0.15) is 5.60 Å². The average molecular weight is 544 g/mol. The molecule has 40 heavy (non-hydrogen) atoms. The summed E-state index contributed by atoms with van der Waals surface area (Å²) in [5.74, 6) is -0.106. The van der Waals surface area contributed by atoms with Crippen LogP contribution in [0.5, 0.6) is 0 Å². The first-order valence-corrected chi connectivity index (χ1v) is 14.7. The summed E-state index contributed by atoms with van der Waals surface area (Å²) in [4.78, 5) is 15.0. The third-order valence-corrected chi connectivity index (χ3v) is 8.43. The monoisotopic (exact) mass is 543 g/mol. The van der Waals surface area contributed by atoms with Crippen molar-refractivity contribution in [3.05, 3.63) is 107 Å². The summed E-state index contributed by atoms with van der Waals surface area (Å²) < 4.78 is 5.42. The lowest BCUT2D eigenvalue weighted by atomic mass is 9.72. The molecule has 3 aromatic carbocycles. The van der Waals surface area contributed by atoms with E-state index in [2.05, 4.69) is 4.90 Å².